The fourth-order valence-corrected chi connectivity index (χ4v) is 3.86. The van der Waals surface area contributed by atoms with Gasteiger partial charge < -0.3 is 0 Å². The van der Waals surface area contributed by atoms with Crippen molar-refractivity contribution in [2.75, 3.05) is 17.5 Å². The molecule has 0 spiro atoms. The van der Waals surface area contributed by atoms with E-state index in [4.69, 9.17) is 0 Å². The van der Waals surface area contributed by atoms with Crippen molar-refractivity contribution in [3.8, 4) is 0 Å². The van der Waals surface area contributed by atoms with Gasteiger partial charge in [0.1, 0.15) is 0 Å². The lowest BCUT2D eigenvalue weighted by atomic mass is 10.0. The summed E-state index contributed by atoms with van der Waals surface area (Å²) in [5.74, 6) is 0. The Hall–Kier alpha value is -0.660. The molecule has 1 saturated heterocycles. The molecule has 102 valence electrons. The molecule has 1 N–H and O–H groups in total. The third-order valence-corrected chi connectivity index (χ3v) is 4.72. The quantitative estimate of drug-likeness (QED) is 0.919. The second kappa shape index (κ2) is 5.54. The van der Waals surface area contributed by atoms with Crippen molar-refractivity contribution in [3.63, 3.8) is 0 Å². The number of sulfonamides is 1. The number of anilines is 1. The fraction of sp³-hybridized carbons (Fsp3) is 0.727. The summed E-state index contributed by atoms with van der Waals surface area (Å²) in [6, 6.07) is 0.604. The first kappa shape index (κ1) is 13.8. The molecule has 0 amide bonds. The second-order valence-corrected chi connectivity index (χ2v) is 7.68. The van der Waals surface area contributed by atoms with E-state index in [0.29, 0.717) is 11.2 Å². The van der Waals surface area contributed by atoms with E-state index in [1.807, 2.05) is 0 Å². The molecule has 0 bridgehead atoms. The summed E-state index contributed by atoms with van der Waals surface area (Å²) in [6.07, 6.45) is 6.70. The van der Waals surface area contributed by atoms with Crippen LogP contribution in [0.25, 0.3) is 0 Å². The number of thiazole rings is 1. The van der Waals surface area contributed by atoms with Gasteiger partial charge in [0, 0.05) is 23.7 Å². The van der Waals surface area contributed by atoms with Crippen LogP contribution in [-0.2, 0) is 16.6 Å². The van der Waals surface area contributed by atoms with E-state index in [2.05, 4.69) is 21.5 Å². The van der Waals surface area contributed by atoms with Crippen molar-refractivity contribution < 1.29 is 8.42 Å². The normalized spacial score (nSPS) is 22.0. The van der Waals surface area contributed by atoms with Crippen LogP contribution >= 0.6 is 11.3 Å². The van der Waals surface area contributed by atoms with Crippen LogP contribution in [0.2, 0.25) is 0 Å². The highest BCUT2D eigenvalue weighted by Crippen LogP contribution is 2.24. The summed E-state index contributed by atoms with van der Waals surface area (Å²) in [7, 11) is -3.22. The first-order valence-corrected chi connectivity index (χ1v) is 8.81. The van der Waals surface area contributed by atoms with Gasteiger partial charge in [0.25, 0.3) is 0 Å². The number of nitrogens with one attached hydrogen (secondary N) is 1. The maximum Gasteiger partial charge on any atom is 0.231 e. The molecule has 0 aromatic carbocycles. The maximum atomic E-state index is 11.1. The zero-order valence-corrected chi connectivity index (χ0v) is 12.4. The molecule has 1 atom stereocenters. The molecule has 18 heavy (non-hydrogen) atoms. The Morgan fingerprint density at radius 2 is 2.33 bits per heavy atom. The molecule has 1 fully saturated rings. The monoisotopic (exact) mass is 289 g/mol. The van der Waals surface area contributed by atoms with E-state index in [0.717, 1.165) is 24.2 Å². The number of aromatic nitrogens is 1. The summed E-state index contributed by atoms with van der Waals surface area (Å²) < 4.78 is 24.6. The first-order valence-electron chi connectivity index (χ1n) is 6.10. The van der Waals surface area contributed by atoms with Gasteiger partial charge in [-0.25, -0.2) is 13.4 Å². The third kappa shape index (κ3) is 3.93. The lowest BCUT2D eigenvalue weighted by Crippen LogP contribution is -2.36. The topological polar surface area (TPSA) is 62.3 Å². The molecule has 1 aromatic rings. The summed E-state index contributed by atoms with van der Waals surface area (Å²) in [5, 5.41) is 0.456. The third-order valence-electron chi connectivity index (χ3n) is 3.13. The summed E-state index contributed by atoms with van der Waals surface area (Å²) >= 11 is 1.41. The van der Waals surface area contributed by atoms with E-state index < -0.39 is 10.0 Å². The Kier molecular flexibility index (Phi) is 4.24. The molecule has 2 rings (SSSR count). The minimum absolute atomic E-state index is 0.456. The minimum atomic E-state index is -3.22. The van der Waals surface area contributed by atoms with E-state index in [-0.39, 0.29) is 0 Å². The molecule has 0 aliphatic carbocycles. The SMILES string of the molecule is CC1CCCCN1Cc1cnc(NS(C)(=O)=O)s1. The summed E-state index contributed by atoms with van der Waals surface area (Å²) in [4.78, 5) is 7.63. The Morgan fingerprint density at radius 1 is 1.56 bits per heavy atom. The predicted molar refractivity (Wildman–Crippen MR) is 74.3 cm³/mol. The Bertz CT molecular complexity index is 498. The Morgan fingerprint density at radius 3 is 3.00 bits per heavy atom. The number of hydrogen-bond acceptors (Lipinski definition) is 5. The largest absolute Gasteiger partial charge is 0.296 e. The minimum Gasteiger partial charge on any atom is -0.296 e. The molecule has 1 aliphatic heterocycles. The van der Waals surface area contributed by atoms with Crippen LogP contribution in [0.3, 0.4) is 0 Å². The molecule has 0 radical (unpaired) electrons. The van der Waals surface area contributed by atoms with Crippen LogP contribution in [0.15, 0.2) is 6.20 Å². The summed E-state index contributed by atoms with van der Waals surface area (Å²) in [6.45, 7) is 4.23. The number of hydrogen-bond donors (Lipinski definition) is 1. The smallest absolute Gasteiger partial charge is 0.231 e. The van der Waals surface area contributed by atoms with E-state index in [9.17, 15) is 8.42 Å². The van der Waals surface area contributed by atoms with Gasteiger partial charge in [-0.05, 0) is 26.3 Å². The van der Waals surface area contributed by atoms with E-state index in [1.165, 1.54) is 30.6 Å². The van der Waals surface area contributed by atoms with Crippen LogP contribution in [0.4, 0.5) is 5.13 Å². The molecule has 2 heterocycles. The van der Waals surface area contributed by atoms with Crippen molar-refractivity contribution >= 4 is 26.5 Å². The first-order chi connectivity index (χ1) is 8.44. The number of rotatable bonds is 4. The molecular weight excluding hydrogens is 270 g/mol. The molecule has 1 aromatic heterocycles. The van der Waals surface area contributed by atoms with Crippen molar-refractivity contribution in [3.05, 3.63) is 11.1 Å². The van der Waals surface area contributed by atoms with Crippen LogP contribution < -0.4 is 4.72 Å². The van der Waals surface area contributed by atoms with Crippen molar-refractivity contribution in [1.29, 1.82) is 0 Å². The van der Waals surface area contributed by atoms with Gasteiger partial charge in [0.2, 0.25) is 10.0 Å². The fourth-order valence-electron chi connectivity index (χ4n) is 2.18. The molecule has 5 nitrogen and oxygen atoms in total. The maximum absolute atomic E-state index is 11.1. The predicted octanol–water partition coefficient (Wildman–Crippen LogP) is 1.89. The van der Waals surface area contributed by atoms with E-state index >= 15 is 0 Å². The van der Waals surface area contributed by atoms with E-state index in [1.54, 1.807) is 6.20 Å². The van der Waals surface area contributed by atoms with Crippen molar-refractivity contribution in [1.82, 2.24) is 9.88 Å². The molecule has 1 unspecified atom stereocenters. The lowest BCUT2D eigenvalue weighted by Gasteiger charge is -2.32. The van der Waals surface area contributed by atoms with Crippen LogP contribution in [0, 0.1) is 0 Å². The highest BCUT2D eigenvalue weighted by Gasteiger charge is 2.19. The van der Waals surface area contributed by atoms with Gasteiger partial charge in [-0.2, -0.15) is 0 Å². The van der Waals surface area contributed by atoms with Gasteiger partial charge in [0.15, 0.2) is 5.13 Å². The zero-order valence-electron chi connectivity index (χ0n) is 10.7. The van der Waals surface area contributed by atoms with Crippen molar-refractivity contribution in [2.45, 2.75) is 38.8 Å². The zero-order chi connectivity index (χ0) is 13.2. The average molecular weight is 289 g/mol. The number of likely N-dealkylation sites (tertiary alicyclic amines) is 1. The Balaban J connectivity index is 1.98. The highest BCUT2D eigenvalue weighted by atomic mass is 32.2. The second-order valence-electron chi connectivity index (χ2n) is 4.82. The number of piperidine rings is 1. The van der Waals surface area contributed by atoms with Gasteiger partial charge in [-0.1, -0.05) is 17.8 Å². The molecule has 7 heteroatoms. The van der Waals surface area contributed by atoms with Crippen LogP contribution in [-0.4, -0.2) is 37.1 Å². The molecule has 0 saturated carbocycles. The van der Waals surface area contributed by atoms with Crippen LogP contribution in [0.1, 0.15) is 31.1 Å². The van der Waals surface area contributed by atoms with Gasteiger partial charge in [-0.3, -0.25) is 9.62 Å². The Labute approximate surface area is 112 Å². The molecular formula is C11H19N3O2S2. The lowest BCUT2D eigenvalue weighted by molar-refractivity contribution is 0.154. The van der Waals surface area contributed by atoms with Gasteiger partial charge in [-0.15, -0.1) is 0 Å². The van der Waals surface area contributed by atoms with Crippen LogP contribution in [0.5, 0.6) is 0 Å². The highest BCUT2D eigenvalue weighted by molar-refractivity contribution is 7.92. The number of nitrogens with zero attached hydrogens (tertiary/aromatic N) is 2. The average Bonchev–Trinajstić information content (AvgIpc) is 2.66. The molecule has 1 aliphatic rings. The van der Waals surface area contributed by atoms with Gasteiger partial charge >= 0.3 is 0 Å². The summed E-state index contributed by atoms with van der Waals surface area (Å²) in [5.41, 5.74) is 0. The van der Waals surface area contributed by atoms with Crippen molar-refractivity contribution in [2.24, 2.45) is 0 Å². The van der Waals surface area contributed by atoms with Gasteiger partial charge in [0.05, 0.1) is 6.26 Å². The standard InChI is InChI=1S/C11H19N3O2S2/c1-9-5-3-4-6-14(9)8-10-7-12-11(17-10)13-18(2,15)16/h7,9H,3-6,8H2,1-2H3,(H,12,13).